The van der Waals surface area contributed by atoms with Crippen LogP contribution in [-0.4, -0.2) is 28.8 Å². The van der Waals surface area contributed by atoms with Crippen molar-refractivity contribution in [1.82, 2.24) is 4.90 Å². The van der Waals surface area contributed by atoms with Gasteiger partial charge in [-0.1, -0.05) is 78.9 Å². The molecule has 1 heterocycles. The van der Waals surface area contributed by atoms with Crippen molar-refractivity contribution in [3.05, 3.63) is 102 Å². The van der Waals surface area contributed by atoms with Crippen molar-refractivity contribution < 1.29 is 9.47 Å². The van der Waals surface area contributed by atoms with E-state index in [1.165, 1.54) is 29.5 Å². The molecule has 0 spiro atoms. The Balaban J connectivity index is 1.57. The summed E-state index contributed by atoms with van der Waals surface area (Å²) >= 11 is 2.55. The van der Waals surface area contributed by atoms with E-state index in [9.17, 15) is 0 Å². The molecule has 0 aromatic heterocycles. The number of nitrogens with zero attached hydrogens (tertiary/aromatic N) is 1. The van der Waals surface area contributed by atoms with Crippen LogP contribution in [-0.2, 0) is 11.2 Å². The van der Waals surface area contributed by atoms with Gasteiger partial charge in [-0.3, -0.25) is 4.90 Å². The number of rotatable bonds is 8. The van der Waals surface area contributed by atoms with Crippen molar-refractivity contribution in [2.24, 2.45) is 0 Å². The highest BCUT2D eigenvalue weighted by Gasteiger charge is 2.40. The van der Waals surface area contributed by atoms with Crippen LogP contribution in [0.1, 0.15) is 42.1 Å². The second-order valence-electron chi connectivity index (χ2n) is 8.01. The second-order valence-corrected chi connectivity index (χ2v) is 9.70. The lowest BCUT2D eigenvalue weighted by atomic mass is 10.0. The predicted molar refractivity (Wildman–Crippen MR) is 135 cm³/mol. The number of hydrogen-bond donors (Lipinski definition) is 0. The summed E-state index contributed by atoms with van der Waals surface area (Å²) < 4.78 is 12.2. The maximum absolute atomic E-state index is 6.99. The number of piperidine rings is 1. The molecule has 0 amide bonds. The quantitative estimate of drug-likeness (QED) is 0.187. The summed E-state index contributed by atoms with van der Waals surface area (Å²) in [5, 5.41) is 0. The summed E-state index contributed by atoms with van der Waals surface area (Å²) in [6.45, 7) is 1.99. The number of benzene rings is 3. The van der Waals surface area contributed by atoms with Crippen LogP contribution in [0.5, 0.6) is 5.75 Å². The predicted octanol–water partition coefficient (Wildman–Crippen LogP) is 6.62. The molecule has 1 aliphatic rings. The van der Waals surface area contributed by atoms with Crippen LogP contribution >= 0.6 is 22.6 Å². The van der Waals surface area contributed by atoms with Gasteiger partial charge in [-0.15, -0.1) is 0 Å². The van der Waals surface area contributed by atoms with Gasteiger partial charge in [-0.2, -0.15) is 0 Å². The zero-order valence-electron chi connectivity index (χ0n) is 18.0. The lowest BCUT2D eigenvalue weighted by Gasteiger charge is -2.45. The molecule has 1 aliphatic heterocycles. The number of halogens is 1. The number of ether oxygens (including phenoxy) is 2. The molecule has 3 aromatic carbocycles. The normalized spacial score (nSPS) is 19.5. The van der Waals surface area contributed by atoms with Crippen molar-refractivity contribution in [1.29, 1.82) is 0 Å². The van der Waals surface area contributed by atoms with Gasteiger partial charge in [0.15, 0.2) is 3.73 Å². The molecule has 4 heteroatoms. The number of likely N-dealkylation sites (tertiary alicyclic amines) is 1. The van der Waals surface area contributed by atoms with Gasteiger partial charge in [0.25, 0.3) is 0 Å². The van der Waals surface area contributed by atoms with Crippen molar-refractivity contribution >= 4 is 22.6 Å². The monoisotopic (exact) mass is 527 g/mol. The fourth-order valence-electron chi connectivity index (χ4n) is 4.31. The minimum absolute atomic E-state index is 0.0915. The maximum Gasteiger partial charge on any atom is 0.175 e. The van der Waals surface area contributed by atoms with E-state index < -0.39 is 0 Å². The van der Waals surface area contributed by atoms with Gasteiger partial charge in [0.2, 0.25) is 0 Å². The Morgan fingerprint density at radius 2 is 1.48 bits per heavy atom. The highest BCUT2D eigenvalue weighted by atomic mass is 127. The van der Waals surface area contributed by atoms with E-state index in [1.807, 2.05) is 12.1 Å². The summed E-state index contributed by atoms with van der Waals surface area (Å²) in [5.74, 6) is 0.964. The van der Waals surface area contributed by atoms with E-state index in [0.717, 1.165) is 31.7 Å². The average molecular weight is 527 g/mol. The topological polar surface area (TPSA) is 21.7 Å². The molecule has 4 rings (SSSR count). The number of alkyl halides is 1. The van der Waals surface area contributed by atoms with Crippen molar-refractivity contribution in [3.63, 3.8) is 0 Å². The zero-order chi connectivity index (χ0) is 21.5. The van der Waals surface area contributed by atoms with E-state index in [0.29, 0.717) is 0 Å². The Kier molecular flexibility index (Phi) is 7.64. The molecule has 0 N–H and O–H groups in total. The smallest absolute Gasteiger partial charge is 0.175 e. The van der Waals surface area contributed by atoms with E-state index >= 15 is 0 Å². The SMILES string of the molecule is COc1ccccc1CCN1CCCCC1(I)OC(c1ccccc1)c1ccccc1. The Bertz CT molecular complexity index is 910. The van der Waals surface area contributed by atoms with Crippen LogP contribution in [0.25, 0.3) is 0 Å². The van der Waals surface area contributed by atoms with Crippen LogP contribution in [0.4, 0.5) is 0 Å². The lowest BCUT2D eigenvalue weighted by Crippen LogP contribution is -2.50. The molecule has 1 saturated heterocycles. The van der Waals surface area contributed by atoms with Gasteiger partial charge in [0, 0.05) is 13.1 Å². The standard InChI is InChI=1S/C27H30INO2/c1-30-25-17-9-8-12-22(25)18-21-29-20-11-10-19-27(29,28)31-26(23-13-4-2-5-14-23)24-15-6-3-7-16-24/h2-9,12-17,26H,10-11,18-21H2,1H3. The van der Waals surface area contributed by atoms with E-state index in [1.54, 1.807) is 7.11 Å². The van der Waals surface area contributed by atoms with Crippen molar-refractivity contribution in [3.8, 4) is 5.75 Å². The Labute approximate surface area is 199 Å². The second kappa shape index (κ2) is 10.6. The summed E-state index contributed by atoms with van der Waals surface area (Å²) in [5.41, 5.74) is 3.64. The van der Waals surface area contributed by atoms with Gasteiger partial charge in [-0.05, 0) is 71.0 Å². The van der Waals surface area contributed by atoms with Gasteiger partial charge >= 0.3 is 0 Å². The summed E-state index contributed by atoms with van der Waals surface area (Å²) in [6.07, 6.45) is 4.27. The summed E-state index contributed by atoms with van der Waals surface area (Å²) in [6, 6.07) is 29.5. The van der Waals surface area contributed by atoms with Gasteiger partial charge < -0.3 is 9.47 Å². The molecule has 31 heavy (non-hydrogen) atoms. The van der Waals surface area contributed by atoms with Crippen molar-refractivity contribution in [2.75, 3.05) is 20.2 Å². The molecule has 162 valence electrons. The molecule has 1 fully saturated rings. The Hall–Kier alpha value is -1.89. The fourth-order valence-corrected chi connectivity index (χ4v) is 5.43. The highest BCUT2D eigenvalue weighted by Crippen LogP contribution is 2.42. The maximum atomic E-state index is 6.99. The van der Waals surface area contributed by atoms with E-state index in [2.05, 4.69) is 100 Å². The first kappa shape index (κ1) is 22.3. The third-order valence-electron chi connectivity index (χ3n) is 5.98. The average Bonchev–Trinajstić information content (AvgIpc) is 2.83. The van der Waals surface area contributed by atoms with Crippen LogP contribution in [0, 0.1) is 0 Å². The van der Waals surface area contributed by atoms with Crippen molar-refractivity contribution in [2.45, 2.75) is 35.5 Å². The van der Waals surface area contributed by atoms with Crippen LogP contribution < -0.4 is 4.74 Å². The Morgan fingerprint density at radius 1 is 0.871 bits per heavy atom. The molecule has 0 saturated carbocycles. The molecule has 1 atom stereocenters. The van der Waals surface area contributed by atoms with Gasteiger partial charge in [0.1, 0.15) is 11.9 Å². The zero-order valence-corrected chi connectivity index (χ0v) is 20.2. The molecule has 3 aromatic rings. The van der Waals surface area contributed by atoms with Gasteiger partial charge in [-0.25, -0.2) is 0 Å². The first-order valence-electron chi connectivity index (χ1n) is 11.0. The first-order chi connectivity index (χ1) is 15.2. The largest absolute Gasteiger partial charge is 0.496 e. The molecule has 3 nitrogen and oxygen atoms in total. The molecule has 1 unspecified atom stereocenters. The lowest BCUT2D eigenvalue weighted by molar-refractivity contribution is -0.119. The minimum atomic E-state index is -0.339. The van der Waals surface area contributed by atoms with Crippen LogP contribution in [0.2, 0.25) is 0 Å². The third kappa shape index (κ3) is 5.48. The minimum Gasteiger partial charge on any atom is -0.496 e. The van der Waals surface area contributed by atoms with Crippen LogP contribution in [0.15, 0.2) is 84.9 Å². The number of hydrogen-bond acceptors (Lipinski definition) is 3. The summed E-state index contributed by atoms with van der Waals surface area (Å²) in [7, 11) is 1.75. The molecule has 0 radical (unpaired) electrons. The fraction of sp³-hybridized carbons (Fsp3) is 0.333. The summed E-state index contributed by atoms with van der Waals surface area (Å²) in [4.78, 5) is 2.52. The van der Waals surface area contributed by atoms with E-state index in [4.69, 9.17) is 9.47 Å². The van der Waals surface area contributed by atoms with E-state index in [-0.39, 0.29) is 9.84 Å². The molecular formula is C27H30INO2. The molecular weight excluding hydrogens is 497 g/mol. The number of methoxy groups -OCH3 is 1. The third-order valence-corrected chi connectivity index (χ3v) is 7.46. The number of para-hydroxylation sites is 1. The highest BCUT2D eigenvalue weighted by molar-refractivity contribution is 14.1. The first-order valence-corrected chi connectivity index (χ1v) is 12.1. The molecule has 0 bridgehead atoms. The Morgan fingerprint density at radius 3 is 2.13 bits per heavy atom. The van der Waals surface area contributed by atoms with Gasteiger partial charge in [0.05, 0.1) is 7.11 Å². The molecule has 0 aliphatic carbocycles. The van der Waals surface area contributed by atoms with Crippen LogP contribution in [0.3, 0.4) is 0 Å².